The zero-order valence-electron chi connectivity index (χ0n) is 24.1. The van der Waals surface area contributed by atoms with E-state index in [0.717, 1.165) is 32.1 Å². The van der Waals surface area contributed by atoms with Crippen molar-refractivity contribution in [1.82, 2.24) is 0 Å². The van der Waals surface area contributed by atoms with Crippen molar-refractivity contribution in [2.24, 2.45) is 50.2 Å². The Hall–Kier alpha value is -1.25. The van der Waals surface area contributed by atoms with Gasteiger partial charge in [0.15, 0.2) is 5.78 Å². The van der Waals surface area contributed by atoms with Gasteiger partial charge in [0.05, 0.1) is 11.5 Å². The number of ketones is 1. The first-order chi connectivity index (χ1) is 17.2. The Morgan fingerprint density at radius 1 is 0.947 bits per heavy atom. The van der Waals surface area contributed by atoms with Crippen molar-refractivity contribution in [3.05, 3.63) is 11.6 Å². The maximum atomic E-state index is 14.3. The molecule has 9 atom stereocenters. The highest BCUT2D eigenvalue weighted by molar-refractivity contribution is 7.80. The number of carbonyl (C=O) groups is 2. The van der Waals surface area contributed by atoms with Crippen LogP contribution in [0.15, 0.2) is 11.6 Å². The number of hydrogen-bond donors (Lipinski definition) is 2. The van der Waals surface area contributed by atoms with Crippen LogP contribution in [0, 0.1) is 50.2 Å². The topological polar surface area (TPSA) is 118 Å². The van der Waals surface area contributed by atoms with Crippen molar-refractivity contribution >= 4 is 22.2 Å². The van der Waals surface area contributed by atoms with Crippen LogP contribution in [-0.4, -0.2) is 35.9 Å². The second-order valence-electron chi connectivity index (χ2n) is 15.4. The molecular weight excluding hydrogens is 504 g/mol. The maximum absolute atomic E-state index is 14.3. The largest absolute Gasteiger partial charge is 0.481 e. The van der Waals surface area contributed by atoms with Crippen LogP contribution in [-0.2, 0) is 24.2 Å². The van der Waals surface area contributed by atoms with Crippen LogP contribution in [0.25, 0.3) is 0 Å². The van der Waals surface area contributed by atoms with Gasteiger partial charge >= 0.3 is 16.4 Å². The van der Waals surface area contributed by atoms with Crippen LogP contribution in [0.5, 0.6) is 0 Å². The van der Waals surface area contributed by atoms with Gasteiger partial charge in [-0.3, -0.25) is 14.1 Å². The lowest BCUT2D eigenvalue weighted by Crippen LogP contribution is -2.66. The van der Waals surface area contributed by atoms with E-state index in [0.29, 0.717) is 25.7 Å². The van der Waals surface area contributed by atoms with Gasteiger partial charge in [0.1, 0.15) is 0 Å². The molecule has 0 bridgehead atoms. The molecule has 0 aliphatic heterocycles. The third-order valence-corrected chi connectivity index (χ3v) is 13.7. The highest BCUT2D eigenvalue weighted by Crippen LogP contribution is 2.75. The summed E-state index contributed by atoms with van der Waals surface area (Å²) in [6.07, 6.45) is 8.27. The quantitative estimate of drug-likeness (QED) is 0.399. The summed E-state index contributed by atoms with van der Waals surface area (Å²) in [6, 6.07) is 0. The van der Waals surface area contributed by atoms with Crippen LogP contribution in [0.3, 0.4) is 0 Å². The molecule has 214 valence electrons. The van der Waals surface area contributed by atoms with Crippen molar-refractivity contribution in [3.63, 3.8) is 0 Å². The lowest BCUT2D eigenvalue weighted by Gasteiger charge is -2.70. The van der Waals surface area contributed by atoms with Gasteiger partial charge in [-0.25, -0.2) is 4.18 Å². The Morgan fingerprint density at radius 3 is 2.18 bits per heavy atom. The number of carbonyl (C=O) groups excluding carboxylic acids is 1. The molecule has 0 amide bonds. The number of carboxylic acid groups (broad SMARTS) is 1. The first kappa shape index (κ1) is 28.3. The molecule has 38 heavy (non-hydrogen) atoms. The van der Waals surface area contributed by atoms with Gasteiger partial charge in [-0.2, -0.15) is 8.42 Å². The Bertz CT molecular complexity index is 1200. The van der Waals surface area contributed by atoms with Crippen molar-refractivity contribution in [1.29, 1.82) is 0 Å². The molecule has 0 aromatic heterocycles. The fraction of sp³-hybridized carbons (Fsp3) is 0.867. The highest BCUT2D eigenvalue weighted by atomic mass is 32.3. The number of rotatable bonds is 3. The Balaban J connectivity index is 1.57. The molecular formula is C30H46O7S. The predicted molar refractivity (Wildman–Crippen MR) is 143 cm³/mol. The van der Waals surface area contributed by atoms with Crippen molar-refractivity contribution in [2.45, 2.75) is 112 Å². The van der Waals surface area contributed by atoms with Gasteiger partial charge < -0.3 is 5.11 Å². The molecule has 4 saturated carbocycles. The minimum atomic E-state index is -4.58. The van der Waals surface area contributed by atoms with Gasteiger partial charge in [-0.1, -0.05) is 47.1 Å². The van der Waals surface area contributed by atoms with Crippen LogP contribution in [0.2, 0.25) is 0 Å². The Morgan fingerprint density at radius 2 is 1.58 bits per heavy atom. The third-order valence-electron chi connectivity index (χ3n) is 13.3. The molecule has 0 radical (unpaired) electrons. The van der Waals surface area contributed by atoms with Crippen molar-refractivity contribution in [2.75, 3.05) is 0 Å². The van der Waals surface area contributed by atoms with E-state index in [-0.39, 0.29) is 45.2 Å². The summed E-state index contributed by atoms with van der Waals surface area (Å²) in [6.45, 7) is 15.1. The molecule has 7 nitrogen and oxygen atoms in total. The average Bonchev–Trinajstić information content (AvgIpc) is 2.77. The average molecular weight is 551 g/mol. The van der Waals surface area contributed by atoms with Crippen LogP contribution in [0.4, 0.5) is 0 Å². The fourth-order valence-electron chi connectivity index (χ4n) is 10.7. The summed E-state index contributed by atoms with van der Waals surface area (Å²) < 4.78 is 37.9. The molecule has 0 saturated heterocycles. The minimum absolute atomic E-state index is 0.0120. The minimum Gasteiger partial charge on any atom is -0.481 e. The molecule has 8 heteroatoms. The summed E-state index contributed by atoms with van der Waals surface area (Å²) in [4.78, 5) is 26.6. The molecule has 9 unspecified atom stereocenters. The van der Waals surface area contributed by atoms with Crippen molar-refractivity contribution < 1.29 is 31.8 Å². The Labute approximate surface area is 228 Å². The third kappa shape index (κ3) is 3.68. The van der Waals surface area contributed by atoms with Gasteiger partial charge in [0, 0.05) is 5.92 Å². The lowest BCUT2D eigenvalue weighted by atomic mass is 9.33. The van der Waals surface area contributed by atoms with E-state index in [2.05, 4.69) is 27.7 Å². The summed E-state index contributed by atoms with van der Waals surface area (Å²) in [7, 11) is -4.58. The molecule has 0 aromatic rings. The summed E-state index contributed by atoms with van der Waals surface area (Å²) in [5.41, 5.74) is -0.918. The molecule has 2 N–H and O–H groups in total. The number of aliphatic carboxylic acids is 1. The SMILES string of the molecule is CC1(C(=O)O)CCC2(C)CCC3(C)C(=CC(=O)C4C5(C)CCC(OS(=O)(=O)O)C(C)(C)C5CCC43C)C2C1. The normalized spacial score (nSPS) is 50.1. The molecule has 0 spiro atoms. The number of carboxylic acids is 1. The van der Waals surface area contributed by atoms with Crippen LogP contribution in [0.1, 0.15) is 106 Å². The first-order valence-electron chi connectivity index (χ1n) is 14.4. The molecule has 0 aromatic carbocycles. The summed E-state index contributed by atoms with van der Waals surface area (Å²) >= 11 is 0. The standard InChI is InChI=1S/C30H46O7S/c1-25(2)21-8-11-30(7)23(28(21,5)10-9-22(25)37-38(34,35)36)20(31)16-18-19-17-27(4,24(32)33)13-12-26(19,3)14-15-29(18,30)6/h16,19,21-23H,8-15,17H2,1-7H3,(H,32,33)(H,34,35,36). The second-order valence-corrected chi connectivity index (χ2v) is 16.5. The smallest absolute Gasteiger partial charge is 0.397 e. The Kier molecular flexibility index (Phi) is 6.07. The lowest BCUT2D eigenvalue weighted by molar-refractivity contribution is -0.199. The molecule has 4 fully saturated rings. The van der Waals surface area contributed by atoms with E-state index in [1.807, 2.05) is 26.8 Å². The molecule has 5 rings (SSSR count). The zero-order valence-corrected chi connectivity index (χ0v) is 24.9. The highest BCUT2D eigenvalue weighted by Gasteiger charge is 2.70. The maximum Gasteiger partial charge on any atom is 0.397 e. The van der Waals surface area contributed by atoms with E-state index >= 15 is 0 Å². The monoisotopic (exact) mass is 550 g/mol. The van der Waals surface area contributed by atoms with E-state index in [4.69, 9.17) is 4.18 Å². The summed E-state index contributed by atoms with van der Waals surface area (Å²) in [5, 5.41) is 10.1. The zero-order chi connectivity index (χ0) is 28.3. The van der Waals surface area contributed by atoms with Crippen LogP contribution < -0.4 is 0 Å². The van der Waals surface area contributed by atoms with Crippen LogP contribution >= 0.6 is 0 Å². The van der Waals surface area contributed by atoms with Gasteiger partial charge in [-0.05, 0) is 110 Å². The molecule has 5 aliphatic carbocycles. The predicted octanol–water partition coefficient (Wildman–Crippen LogP) is 6.24. The van der Waals surface area contributed by atoms with E-state index in [1.165, 1.54) is 5.57 Å². The fourth-order valence-corrected chi connectivity index (χ4v) is 11.3. The molecule has 5 aliphatic rings. The number of fused-ring (bicyclic) bond motifs is 7. The number of allylic oxidation sites excluding steroid dienone is 2. The second kappa shape index (κ2) is 8.16. The van der Waals surface area contributed by atoms with Gasteiger partial charge in [-0.15, -0.1) is 0 Å². The van der Waals surface area contributed by atoms with Gasteiger partial charge in [0.2, 0.25) is 0 Å². The molecule has 0 heterocycles. The number of hydrogen-bond acceptors (Lipinski definition) is 5. The van der Waals surface area contributed by atoms with Gasteiger partial charge in [0.25, 0.3) is 0 Å². The summed E-state index contributed by atoms with van der Waals surface area (Å²) in [5.74, 6) is -0.636. The van der Waals surface area contributed by atoms with E-state index in [9.17, 15) is 27.7 Å². The first-order valence-corrected chi connectivity index (χ1v) is 15.8. The van der Waals surface area contributed by atoms with E-state index < -0.39 is 33.3 Å². The van der Waals surface area contributed by atoms with E-state index in [1.54, 1.807) is 0 Å². The van der Waals surface area contributed by atoms with Crippen molar-refractivity contribution in [3.8, 4) is 0 Å².